The molecule has 13 heavy (non-hydrogen) atoms. The number of likely N-dealkylation sites (tertiary alicyclic amines) is 1. The maximum atomic E-state index is 11.2. The third-order valence-electron chi connectivity index (χ3n) is 2.01. The summed E-state index contributed by atoms with van der Waals surface area (Å²) in [5.41, 5.74) is 0. The minimum absolute atomic E-state index is 0.289. The normalized spacial score (nSPS) is 15.8. The fourth-order valence-corrected chi connectivity index (χ4v) is 1.29. The molecule has 0 unspecified atom stereocenters. The first-order chi connectivity index (χ1) is 6.24. The summed E-state index contributed by atoms with van der Waals surface area (Å²) in [7, 11) is 1.87. The third kappa shape index (κ3) is 4.27. The quantitative estimate of drug-likeness (QED) is 0.716. The van der Waals surface area contributed by atoms with Gasteiger partial charge in [0, 0.05) is 26.1 Å². The zero-order valence-corrected chi connectivity index (χ0v) is 9.26. The van der Waals surface area contributed by atoms with Gasteiger partial charge in [-0.1, -0.05) is 20.8 Å². The molecule has 1 heterocycles. The van der Waals surface area contributed by atoms with Gasteiger partial charge in [0.1, 0.15) is 0 Å². The number of carbonyl (C=O) groups excluding carboxylic acids is 1. The Bertz CT molecular complexity index is 142. The van der Waals surface area contributed by atoms with Crippen molar-refractivity contribution in [3.8, 4) is 0 Å². The molecule has 1 aliphatic heterocycles. The van der Waals surface area contributed by atoms with Gasteiger partial charge < -0.3 is 10.2 Å². The van der Waals surface area contributed by atoms with Crippen LogP contribution in [0.3, 0.4) is 0 Å². The largest absolute Gasteiger partial charge is 0.342 e. The Kier molecular flexibility index (Phi) is 6.59. The van der Waals surface area contributed by atoms with Crippen LogP contribution in [-0.4, -0.2) is 37.5 Å². The summed E-state index contributed by atoms with van der Waals surface area (Å²) in [5, 5.41) is 2.97. The SMILES string of the molecule is CC.CNCCC(=O)N1CC(C)C1. The van der Waals surface area contributed by atoms with Gasteiger partial charge >= 0.3 is 0 Å². The smallest absolute Gasteiger partial charge is 0.223 e. The van der Waals surface area contributed by atoms with Gasteiger partial charge in [0.25, 0.3) is 0 Å². The number of rotatable bonds is 3. The lowest BCUT2D eigenvalue weighted by atomic mass is 10.0. The predicted octanol–water partition coefficient (Wildman–Crippen LogP) is 1.10. The van der Waals surface area contributed by atoms with E-state index >= 15 is 0 Å². The number of carbonyl (C=O) groups is 1. The van der Waals surface area contributed by atoms with Gasteiger partial charge in [-0.2, -0.15) is 0 Å². The van der Waals surface area contributed by atoms with E-state index in [0.717, 1.165) is 19.6 Å². The highest BCUT2D eigenvalue weighted by Crippen LogP contribution is 2.14. The molecule has 0 aliphatic carbocycles. The second-order valence-corrected chi connectivity index (χ2v) is 3.26. The Balaban J connectivity index is 0.000000671. The Morgan fingerprint density at radius 1 is 1.46 bits per heavy atom. The molecule has 3 nitrogen and oxygen atoms in total. The van der Waals surface area contributed by atoms with Crippen molar-refractivity contribution < 1.29 is 4.79 Å². The van der Waals surface area contributed by atoms with Crippen molar-refractivity contribution in [2.45, 2.75) is 27.2 Å². The molecule has 1 saturated heterocycles. The van der Waals surface area contributed by atoms with Crippen molar-refractivity contribution >= 4 is 5.91 Å². The lowest BCUT2D eigenvalue weighted by Crippen LogP contribution is -2.49. The van der Waals surface area contributed by atoms with Gasteiger partial charge in [-0.05, 0) is 13.0 Å². The third-order valence-corrected chi connectivity index (χ3v) is 2.01. The number of amides is 1. The van der Waals surface area contributed by atoms with Crippen molar-refractivity contribution in [1.82, 2.24) is 10.2 Å². The molecule has 0 saturated carbocycles. The molecule has 1 fully saturated rings. The number of hydrogen-bond acceptors (Lipinski definition) is 2. The molecule has 0 aromatic heterocycles. The summed E-state index contributed by atoms with van der Waals surface area (Å²) in [5.74, 6) is 1.01. The molecule has 78 valence electrons. The lowest BCUT2D eigenvalue weighted by molar-refractivity contribution is -0.136. The van der Waals surface area contributed by atoms with Crippen LogP contribution in [0.4, 0.5) is 0 Å². The Hall–Kier alpha value is -0.570. The molecular weight excluding hydrogens is 164 g/mol. The highest BCUT2D eigenvalue weighted by molar-refractivity contribution is 5.77. The summed E-state index contributed by atoms with van der Waals surface area (Å²) in [4.78, 5) is 13.1. The Morgan fingerprint density at radius 2 is 2.00 bits per heavy atom. The molecule has 0 aromatic carbocycles. The number of nitrogens with zero attached hydrogens (tertiary/aromatic N) is 1. The van der Waals surface area contributed by atoms with E-state index in [1.165, 1.54) is 0 Å². The monoisotopic (exact) mass is 186 g/mol. The lowest BCUT2D eigenvalue weighted by Gasteiger charge is -2.37. The Morgan fingerprint density at radius 3 is 2.38 bits per heavy atom. The van der Waals surface area contributed by atoms with Crippen LogP contribution in [0.5, 0.6) is 0 Å². The molecule has 1 amide bonds. The van der Waals surface area contributed by atoms with E-state index in [2.05, 4.69) is 12.2 Å². The van der Waals surface area contributed by atoms with Crippen LogP contribution in [0.1, 0.15) is 27.2 Å². The molecular formula is C10H22N2O. The molecule has 3 heteroatoms. The average molecular weight is 186 g/mol. The average Bonchev–Trinajstić information content (AvgIpc) is 2.12. The van der Waals surface area contributed by atoms with Crippen molar-refractivity contribution in [1.29, 1.82) is 0 Å². The van der Waals surface area contributed by atoms with E-state index in [0.29, 0.717) is 12.3 Å². The van der Waals surface area contributed by atoms with E-state index in [9.17, 15) is 4.79 Å². The van der Waals surface area contributed by atoms with Crippen molar-refractivity contribution in [2.24, 2.45) is 5.92 Å². The minimum Gasteiger partial charge on any atom is -0.342 e. The number of hydrogen-bond donors (Lipinski definition) is 1. The first kappa shape index (κ1) is 12.4. The predicted molar refractivity (Wildman–Crippen MR) is 55.6 cm³/mol. The highest BCUT2D eigenvalue weighted by Gasteiger charge is 2.25. The fraction of sp³-hybridized carbons (Fsp3) is 0.900. The van der Waals surface area contributed by atoms with Crippen molar-refractivity contribution in [3.63, 3.8) is 0 Å². The summed E-state index contributed by atoms with van der Waals surface area (Å²) in [6.07, 6.45) is 0.642. The molecule has 0 spiro atoms. The summed E-state index contributed by atoms with van der Waals surface area (Å²) in [6.45, 7) is 8.89. The zero-order valence-electron chi connectivity index (χ0n) is 9.26. The number of nitrogens with one attached hydrogen (secondary N) is 1. The van der Waals surface area contributed by atoms with E-state index in [1.54, 1.807) is 0 Å². The van der Waals surface area contributed by atoms with Crippen LogP contribution in [-0.2, 0) is 4.79 Å². The standard InChI is InChI=1S/C8H16N2O.C2H6/c1-7-5-10(6-7)8(11)3-4-9-2;1-2/h7,9H,3-6H2,1-2H3;1-2H3. The molecule has 1 rings (SSSR count). The zero-order chi connectivity index (χ0) is 10.3. The summed E-state index contributed by atoms with van der Waals surface area (Å²) in [6, 6.07) is 0. The molecule has 0 aromatic rings. The van der Waals surface area contributed by atoms with Gasteiger partial charge in [0.05, 0.1) is 0 Å². The maximum Gasteiger partial charge on any atom is 0.223 e. The van der Waals surface area contributed by atoms with Gasteiger partial charge in [-0.25, -0.2) is 0 Å². The van der Waals surface area contributed by atoms with E-state index < -0.39 is 0 Å². The second kappa shape index (κ2) is 6.89. The maximum absolute atomic E-state index is 11.2. The van der Waals surface area contributed by atoms with Gasteiger partial charge in [-0.3, -0.25) is 4.79 Å². The van der Waals surface area contributed by atoms with E-state index in [1.807, 2.05) is 25.8 Å². The van der Waals surface area contributed by atoms with Gasteiger partial charge in [-0.15, -0.1) is 0 Å². The molecule has 1 aliphatic rings. The van der Waals surface area contributed by atoms with E-state index in [-0.39, 0.29) is 5.91 Å². The first-order valence-electron chi connectivity index (χ1n) is 5.16. The first-order valence-corrected chi connectivity index (χ1v) is 5.16. The molecule has 0 radical (unpaired) electrons. The highest BCUT2D eigenvalue weighted by atomic mass is 16.2. The van der Waals surface area contributed by atoms with Crippen molar-refractivity contribution in [3.05, 3.63) is 0 Å². The molecule has 1 N–H and O–H groups in total. The van der Waals surface area contributed by atoms with E-state index in [4.69, 9.17) is 0 Å². The topological polar surface area (TPSA) is 32.3 Å². The van der Waals surface area contributed by atoms with Crippen LogP contribution in [0.25, 0.3) is 0 Å². The van der Waals surface area contributed by atoms with Gasteiger partial charge in [0.2, 0.25) is 5.91 Å². The van der Waals surface area contributed by atoms with Crippen LogP contribution in [0.15, 0.2) is 0 Å². The molecule has 0 atom stereocenters. The molecule has 0 bridgehead atoms. The van der Waals surface area contributed by atoms with Gasteiger partial charge in [0.15, 0.2) is 0 Å². The van der Waals surface area contributed by atoms with Crippen LogP contribution in [0, 0.1) is 5.92 Å². The second-order valence-electron chi connectivity index (χ2n) is 3.26. The van der Waals surface area contributed by atoms with Crippen LogP contribution in [0.2, 0.25) is 0 Å². The Labute approximate surface area is 81.5 Å². The summed E-state index contributed by atoms with van der Waals surface area (Å²) >= 11 is 0. The van der Waals surface area contributed by atoms with Crippen LogP contribution >= 0.6 is 0 Å². The van der Waals surface area contributed by atoms with Crippen LogP contribution < -0.4 is 5.32 Å². The minimum atomic E-state index is 0.289. The van der Waals surface area contributed by atoms with Crippen molar-refractivity contribution in [2.75, 3.05) is 26.7 Å². The summed E-state index contributed by atoms with van der Waals surface area (Å²) < 4.78 is 0. The fourth-order valence-electron chi connectivity index (χ4n) is 1.29.